The van der Waals surface area contributed by atoms with E-state index in [9.17, 15) is 19.5 Å². The first kappa shape index (κ1) is 25.5. The van der Waals surface area contributed by atoms with Crippen LogP contribution in [0.1, 0.15) is 42.6 Å². The highest BCUT2D eigenvalue weighted by atomic mass is 32.1. The molecule has 0 saturated heterocycles. The standard InChI is InChI=1S/C30H28N2O5S/c1-18-6-4-5-7-24(18)19(2)37-29(36)31-26-25(27(33)38-32(26)3)22-10-8-20(9-11-22)21-12-14-23(15-13-21)30(16-17-30)28(34)35/h4-15,19H,16-17H2,1-3H3,(H,31,36)(H,34,35). The molecule has 0 bridgehead atoms. The Bertz CT molecular complexity index is 1560. The number of rotatable bonds is 7. The fourth-order valence-corrected chi connectivity index (χ4v) is 5.60. The molecule has 4 aromatic rings. The van der Waals surface area contributed by atoms with E-state index in [4.69, 9.17) is 4.74 Å². The number of aromatic nitrogens is 1. The van der Waals surface area contributed by atoms with Crippen LogP contribution in [0.2, 0.25) is 0 Å². The van der Waals surface area contributed by atoms with Crippen LogP contribution in [-0.4, -0.2) is 21.1 Å². The Hall–Kier alpha value is -4.17. The Morgan fingerprint density at radius 1 is 0.974 bits per heavy atom. The minimum absolute atomic E-state index is 0.171. The number of nitrogens with one attached hydrogen (secondary N) is 1. The smallest absolute Gasteiger partial charge is 0.413 e. The van der Waals surface area contributed by atoms with Gasteiger partial charge < -0.3 is 9.84 Å². The third-order valence-electron chi connectivity index (χ3n) is 7.21. The molecule has 1 saturated carbocycles. The number of carbonyl (C=O) groups excluding carboxylic acids is 1. The van der Waals surface area contributed by atoms with Crippen LogP contribution in [0.25, 0.3) is 22.3 Å². The molecule has 8 heteroatoms. The van der Waals surface area contributed by atoms with E-state index in [0.29, 0.717) is 29.8 Å². The summed E-state index contributed by atoms with van der Waals surface area (Å²) in [6.45, 7) is 3.78. The molecule has 1 heterocycles. The highest BCUT2D eigenvalue weighted by molar-refractivity contribution is 7.04. The average molecular weight is 529 g/mol. The molecule has 0 spiro atoms. The van der Waals surface area contributed by atoms with Crippen molar-refractivity contribution < 1.29 is 19.4 Å². The summed E-state index contributed by atoms with van der Waals surface area (Å²) >= 11 is 1.01. The quantitative estimate of drug-likeness (QED) is 0.285. The van der Waals surface area contributed by atoms with Gasteiger partial charge in [0, 0.05) is 7.05 Å². The van der Waals surface area contributed by atoms with Crippen LogP contribution in [-0.2, 0) is 22.0 Å². The van der Waals surface area contributed by atoms with E-state index < -0.39 is 23.6 Å². The number of aliphatic carboxylic acids is 1. The second-order valence-electron chi connectivity index (χ2n) is 9.67. The van der Waals surface area contributed by atoms with E-state index in [1.807, 2.05) is 86.6 Å². The van der Waals surface area contributed by atoms with E-state index in [1.54, 1.807) is 11.0 Å². The molecule has 1 aromatic heterocycles. The summed E-state index contributed by atoms with van der Waals surface area (Å²) in [5.74, 6) is -0.396. The van der Waals surface area contributed by atoms with Crippen LogP contribution in [0.4, 0.5) is 10.6 Å². The molecule has 3 aromatic carbocycles. The third kappa shape index (κ3) is 4.75. The molecule has 1 amide bonds. The number of hydrogen-bond acceptors (Lipinski definition) is 5. The Morgan fingerprint density at radius 3 is 2.13 bits per heavy atom. The van der Waals surface area contributed by atoms with Crippen molar-refractivity contribution in [3.63, 3.8) is 0 Å². The highest BCUT2D eigenvalue weighted by Gasteiger charge is 2.51. The first-order chi connectivity index (χ1) is 18.2. The molecule has 1 aliphatic carbocycles. The fourth-order valence-electron chi connectivity index (χ4n) is 4.82. The number of hydrogen-bond donors (Lipinski definition) is 2. The Morgan fingerprint density at radius 2 is 1.55 bits per heavy atom. The van der Waals surface area contributed by atoms with Crippen molar-refractivity contribution in [3.05, 3.63) is 99.0 Å². The molecule has 1 unspecified atom stereocenters. The average Bonchev–Trinajstić information content (AvgIpc) is 3.66. The maximum Gasteiger partial charge on any atom is 0.413 e. The summed E-state index contributed by atoms with van der Waals surface area (Å²) in [4.78, 5) is 37.2. The maximum absolute atomic E-state index is 12.8. The van der Waals surface area contributed by atoms with E-state index >= 15 is 0 Å². The number of ether oxygens (including phenoxy) is 1. The molecule has 1 aliphatic rings. The molecule has 2 N–H and O–H groups in total. The van der Waals surface area contributed by atoms with E-state index in [-0.39, 0.29) is 4.74 Å². The van der Waals surface area contributed by atoms with Crippen LogP contribution in [0, 0.1) is 6.92 Å². The van der Waals surface area contributed by atoms with Gasteiger partial charge in [0.1, 0.15) is 11.9 Å². The largest absolute Gasteiger partial charge is 0.481 e. The van der Waals surface area contributed by atoms with Crippen molar-refractivity contribution in [1.82, 2.24) is 3.96 Å². The molecule has 194 valence electrons. The number of carboxylic acids is 1. The van der Waals surface area contributed by atoms with Gasteiger partial charge in [0.15, 0.2) is 0 Å². The maximum atomic E-state index is 12.8. The zero-order chi connectivity index (χ0) is 27.0. The van der Waals surface area contributed by atoms with Gasteiger partial charge in [-0.2, -0.15) is 0 Å². The normalized spacial score (nSPS) is 14.5. The molecule has 5 rings (SSSR count). The van der Waals surface area contributed by atoms with Crippen LogP contribution in [0.3, 0.4) is 0 Å². The van der Waals surface area contributed by atoms with Crippen LogP contribution >= 0.6 is 11.5 Å². The summed E-state index contributed by atoms with van der Waals surface area (Å²) in [5, 5.41) is 12.3. The molecule has 1 atom stereocenters. The van der Waals surface area contributed by atoms with Gasteiger partial charge in [-0.1, -0.05) is 72.8 Å². The first-order valence-electron chi connectivity index (χ1n) is 12.4. The van der Waals surface area contributed by atoms with Crippen molar-refractivity contribution >= 4 is 29.4 Å². The van der Waals surface area contributed by atoms with E-state index in [2.05, 4.69) is 5.32 Å². The lowest BCUT2D eigenvalue weighted by molar-refractivity contribution is -0.140. The second-order valence-corrected chi connectivity index (χ2v) is 10.8. The fraction of sp³-hybridized carbons (Fsp3) is 0.233. The summed E-state index contributed by atoms with van der Waals surface area (Å²) in [7, 11) is 1.72. The van der Waals surface area contributed by atoms with Gasteiger partial charge in [0.2, 0.25) is 0 Å². The Balaban J connectivity index is 1.34. The summed E-state index contributed by atoms with van der Waals surface area (Å²) in [6.07, 6.45) is 0.245. The summed E-state index contributed by atoms with van der Waals surface area (Å²) in [6, 6.07) is 22.8. The monoisotopic (exact) mass is 528 g/mol. The number of carboxylic acid groups (broad SMARTS) is 1. The molecule has 7 nitrogen and oxygen atoms in total. The van der Waals surface area contributed by atoms with Crippen LogP contribution in [0.15, 0.2) is 77.6 Å². The zero-order valence-corrected chi connectivity index (χ0v) is 22.2. The molecular weight excluding hydrogens is 500 g/mol. The minimum Gasteiger partial charge on any atom is -0.481 e. The van der Waals surface area contributed by atoms with Crippen molar-refractivity contribution in [2.75, 3.05) is 5.32 Å². The number of nitrogens with zero attached hydrogens (tertiary/aromatic N) is 1. The molecule has 0 aliphatic heterocycles. The lowest BCUT2D eigenvalue weighted by Crippen LogP contribution is -2.19. The van der Waals surface area contributed by atoms with E-state index in [0.717, 1.165) is 39.3 Å². The van der Waals surface area contributed by atoms with Gasteiger partial charge >= 0.3 is 12.1 Å². The van der Waals surface area contributed by atoms with Crippen molar-refractivity contribution in [2.24, 2.45) is 7.05 Å². The topological polar surface area (TPSA) is 97.6 Å². The highest BCUT2D eigenvalue weighted by Crippen LogP contribution is 2.48. The lowest BCUT2D eigenvalue weighted by atomic mass is 9.93. The third-order valence-corrected chi connectivity index (χ3v) is 8.04. The number of benzene rings is 3. The zero-order valence-electron chi connectivity index (χ0n) is 21.4. The summed E-state index contributed by atoms with van der Waals surface area (Å²) in [5.41, 5.74) is 5.01. The second kappa shape index (κ2) is 9.95. The predicted octanol–water partition coefficient (Wildman–Crippen LogP) is 6.52. The number of carbonyl (C=O) groups is 2. The molecular formula is C30H28N2O5S. The Labute approximate surface area is 224 Å². The molecule has 0 radical (unpaired) electrons. The van der Waals surface area contributed by atoms with Crippen LogP contribution < -0.4 is 10.1 Å². The minimum atomic E-state index is -0.773. The van der Waals surface area contributed by atoms with Crippen LogP contribution in [0.5, 0.6) is 0 Å². The molecule has 38 heavy (non-hydrogen) atoms. The molecule has 1 fully saturated rings. The van der Waals surface area contributed by atoms with Crippen molar-refractivity contribution in [1.29, 1.82) is 0 Å². The van der Waals surface area contributed by atoms with Gasteiger partial charge in [0.05, 0.1) is 11.0 Å². The lowest BCUT2D eigenvalue weighted by Gasteiger charge is -2.17. The number of amides is 1. The SMILES string of the molecule is Cc1ccccc1C(C)OC(=O)Nc1c(-c2ccc(-c3ccc(C4(C(=O)O)CC4)cc3)cc2)c(=O)sn1C. The van der Waals surface area contributed by atoms with Crippen molar-refractivity contribution in [2.45, 2.75) is 38.2 Å². The van der Waals surface area contributed by atoms with E-state index in [1.165, 1.54) is 0 Å². The number of anilines is 1. The predicted molar refractivity (Wildman–Crippen MR) is 149 cm³/mol. The van der Waals surface area contributed by atoms with Gasteiger partial charge in [-0.05, 0) is 71.6 Å². The van der Waals surface area contributed by atoms with Gasteiger partial charge in [0.25, 0.3) is 4.74 Å². The van der Waals surface area contributed by atoms with Gasteiger partial charge in [-0.25, -0.2) is 4.79 Å². The van der Waals surface area contributed by atoms with Gasteiger partial charge in [-0.15, -0.1) is 0 Å². The first-order valence-corrected chi connectivity index (χ1v) is 13.1. The van der Waals surface area contributed by atoms with Gasteiger partial charge in [-0.3, -0.25) is 18.9 Å². The summed E-state index contributed by atoms with van der Waals surface area (Å²) < 4.78 is 7.06. The Kier molecular flexibility index (Phi) is 6.67. The van der Waals surface area contributed by atoms with Crippen molar-refractivity contribution in [3.8, 4) is 22.3 Å². The number of aryl methyl sites for hydroxylation is 2.